The van der Waals surface area contributed by atoms with Gasteiger partial charge in [-0.3, -0.25) is 0 Å². The maximum absolute atomic E-state index is 12.5. The Labute approximate surface area is 103 Å². The minimum Gasteiger partial charge on any atom is -0.466 e. The predicted molar refractivity (Wildman–Crippen MR) is 57.6 cm³/mol. The van der Waals surface area contributed by atoms with Gasteiger partial charge in [-0.1, -0.05) is 0 Å². The topological polar surface area (TPSA) is 58.6 Å². The molecular weight excluding hydrogens is 253 g/mol. The molecule has 0 atom stereocenters. The number of amides is 2. The monoisotopic (exact) mass is 268 g/mol. The van der Waals surface area contributed by atoms with E-state index in [4.69, 9.17) is 0 Å². The lowest BCUT2D eigenvalue weighted by molar-refractivity contribution is -0.136. The number of urea groups is 1. The van der Waals surface area contributed by atoms with Crippen LogP contribution in [0.15, 0.2) is 11.8 Å². The van der Waals surface area contributed by atoms with Gasteiger partial charge in [0.1, 0.15) is 5.70 Å². The number of nitrogens with one attached hydrogen (secondary N) is 1. The van der Waals surface area contributed by atoms with E-state index in [9.17, 15) is 22.8 Å². The molecule has 0 radical (unpaired) electrons. The van der Waals surface area contributed by atoms with Crippen LogP contribution < -0.4 is 5.32 Å². The van der Waals surface area contributed by atoms with Gasteiger partial charge in [0.25, 0.3) is 0 Å². The molecule has 0 saturated heterocycles. The van der Waals surface area contributed by atoms with Crippen molar-refractivity contribution in [3.05, 3.63) is 11.8 Å². The van der Waals surface area contributed by atoms with Gasteiger partial charge in [0.05, 0.1) is 13.2 Å². The molecule has 8 heteroatoms. The fraction of sp³-hybridized carbons (Fsp3) is 0.600. The maximum atomic E-state index is 12.5. The average molecular weight is 268 g/mol. The van der Waals surface area contributed by atoms with Crippen molar-refractivity contribution in [2.75, 3.05) is 20.2 Å². The zero-order chi connectivity index (χ0) is 14.3. The summed E-state index contributed by atoms with van der Waals surface area (Å²) in [6.45, 7) is 3.76. The Hall–Kier alpha value is -1.73. The van der Waals surface area contributed by atoms with Crippen molar-refractivity contribution in [3.8, 4) is 0 Å². The summed E-state index contributed by atoms with van der Waals surface area (Å²) in [5, 5.41) is 1.65. The molecule has 0 heterocycles. The van der Waals surface area contributed by atoms with Crippen molar-refractivity contribution in [2.24, 2.45) is 0 Å². The second-order valence-electron chi connectivity index (χ2n) is 3.18. The Morgan fingerprint density at radius 2 is 1.78 bits per heavy atom. The minimum absolute atomic E-state index is 0.196. The number of nitrogens with zero attached hydrogens (tertiary/aromatic N) is 1. The maximum Gasteiger partial charge on any atom is 0.431 e. The van der Waals surface area contributed by atoms with E-state index in [1.807, 2.05) is 0 Å². The number of methoxy groups -OCH3 is 1. The van der Waals surface area contributed by atoms with Crippen molar-refractivity contribution >= 4 is 12.0 Å². The number of allylic oxidation sites excluding steroid dienone is 1. The van der Waals surface area contributed by atoms with Crippen molar-refractivity contribution in [2.45, 2.75) is 20.0 Å². The van der Waals surface area contributed by atoms with Crippen LogP contribution in [0.5, 0.6) is 0 Å². The Kier molecular flexibility index (Phi) is 6.21. The first-order valence-corrected chi connectivity index (χ1v) is 5.19. The molecule has 18 heavy (non-hydrogen) atoms. The van der Waals surface area contributed by atoms with E-state index in [1.54, 1.807) is 19.2 Å². The molecule has 0 saturated carbocycles. The van der Waals surface area contributed by atoms with Crippen molar-refractivity contribution < 1.29 is 27.5 Å². The second kappa shape index (κ2) is 6.87. The molecule has 0 aromatic heterocycles. The number of ether oxygens (including phenoxy) is 1. The van der Waals surface area contributed by atoms with Crippen molar-refractivity contribution in [3.63, 3.8) is 0 Å². The number of carbonyl (C=O) groups excluding carboxylic acids is 2. The van der Waals surface area contributed by atoms with Gasteiger partial charge in [0.15, 0.2) is 0 Å². The Balaban J connectivity index is 4.98. The number of halogens is 3. The molecular formula is C10H15F3N2O3. The fourth-order valence-electron chi connectivity index (χ4n) is 1.07. The van der Waals surface area contributed by atoms with Crippen LogP contribution in [0.3, 0.4) is 0 Å². The number of hydrogen-bond acceptors (Lipinski definition) is 3. The normalized spacial score (nSPS) is 12.0. The third kappa shape index (κ3) is 5.07. The molecule has 0 unspecified atom stereocenters. The second-order valence-corrected chi connectivity index (χ2v) is 3.18. The SMILES string of the molecule is CCN(CC)C(=O)NC(=CC(=O)OC)C(F)(F)F. The lowest BCUT2D eigenvalue weighted by Crippen LogP contribution is -2.42. The standard InChI is InChI=1S/C10H15F3N2O3/c1-4-15(5-2)9(17)14-7(10(11,12)13)6-8(16)18-3/h6H,4-5H2,1-3H3,(H,14,17). The molecule has 0 aromatic carbocycles. The lowest BCUT2D eigenvalue weighted by Gasteiger charge is -2.21. The zero-order valence-electron chi connectivity index (χ0n) is 10.3. The number of hydrogen-bond donors (Lipinski definition) is 1. The van der Waals surface area contributed by atoms with Gasteiger partial charge in [-0.05, 0) is 13.8 Å². The first kappa shape index (κ1) is 16.3. The molecule has 0 aliphatic carbocycles. The number of rotatable bonds is 4. The summed E-state index contributed by atoms with van der Waals surface area (Å²) in [6, 6.07) is -0.924. The lowest BCUT2D eigenvalue weighted by atomic mass is 10.3. The van der Waals surface area contributed by atoms with Crippen LogP contribution in [-0.2, 0) is 9.53 Å². The first-order chi connectivity index (χ1) is 8.26. The largest absolute Gasteiger partial charge is 0.466 e. The minimum atomic E-state index is -4.84. The summed E-state index contributed by atoms with van der Waals surface area (Å²) >= 11 is 0. The quantitative estimate of drug-likeness (QED) is 0.623. The fourth-order valence-corrected chi connectivity index (χ4v) is 1.07. The smallest absolute Gasteiger partial charge is 0.431 e. The van der Waals surface area contributed by atoms with Crippen LogP contribution in [0.4, 0.5) is 18.0 Å². The van der Waals surface area contributed by atoms with Crippen LogP contribution in [0.1, 0.15) is 13.8 Å². The van der Waals surface area contributed by atoms with Gasteiger partial charge in [0.2, 0.25) is 0 Å². The molecule has 5 nitrogen and oxygen atoms in total. The Morgan fingerprint density at radius 1 is 1.28 bits per heavy atom. The third-order valence-corrected chi connectivity index (χ3v) is 2.06. The van der Waals surface area contributed by atoms with Gasteiger partial charge in [-0.2, -0.15) is 13.2 Å². The molecule has 0 aliphatic rings. The first-order valence-electron chi connectivity index (χ1n) is 5.19. The molecule has 0 aromatic rings. The van der Waals surface area contributed by atoms with Crippen molar-refractivity contribution in [1.82, 2.24) is 10.2 Å². The highest BCUT2D eigenvalue weighted by atomic mass is 19.4. The highest BCUT2D eigenvalue weighted by molar-refractivity contribution is 5.85. The van der Waals surface area contributed by atoms with Crippen molar-refractivity contribution in [1.29, 1.82) is 0 Å². The third-order valence-electron chi connectivity index (χ3n) is 2.06. The summed E-state index contributed by atoms with van der Waals surface area (Å²) in [5.74, 6) is -1.19. The molecule has 0 spiro atoms. The summed E-state index contributed by atoms with van der Waals surface area (Å²) in [6.07, 6.45) is -4.64. The number of esters is 1. The summed E-state index contributed by atoms with van der Waals surface area (Å²) in [7, 11) is 0.943. The van der Waals surface area contributed by atoms with E-state index >= 15 is 0 Å². The van der Waals surface area contributed by atoms with E-state index in [1.165, 1.54) is 0 Å². The highest BCUT2D eigenvalue weighted by Crippen LogP contribution is 2.23. The molecule has 0 aliphatic heterocycles. The Morgan fingerprint density at radius 3 is 2.11 bits per heavy atom. The molecule has 0 fully saturated rings. The summed E-state index contributed by atoms with van der Waals surface area (Å²) in [4.78, 5) is 23.4. The number of carbonyl (C=O) groups is 2. The van der Waals surface area contributed by atoms with E-state index in [-0.39, 0.29) is 19.2 Å². The molecule has 0 bridgehead atoms. The van der Waals surface area contributed by atoms with E-state index in [2.05, 4.69) is 4.74 Å². The van der Waals surface area contributed by atoms with Gasteiger partial charge < -0.3 is 15.0 Å². The summed E-state index contributed by atoms with van der Waals surface area (Å²) in [5.41, 5.74) is -1.45. The molecule has 1 N–H and O–H groups in total. The van der Waals surface area contributed by atoms with Crippen LogP contribution in [-0.4, -0.2) is 43.3 Å². The molecule has 2 amide bonds. The van der Waals surface area contributed by atoms with E-state index in [0.717, 1.165) is 12.0 Å². The predicted octanol–water partition coefficient (Wildman–Crippen LogP) is 1.66. The highest BCUT2D eigenvalue weighted by Gasteiger charge is 2.36. The Bertz CT molecular complexity index is 336. The van der Waals surface area contributed by atoms with Gasteiger partial charge in [-0.25, -0.2) is 9.59 Å². The zero-order valence-corrected chi connectivity index (χ0v) is 10.3. The van der Waals surface area contributed by atoms with Crippen LogP contribution in [0, 0.1) is 0 Å². The van der Waals surface area contributed by atoms with Gasteiger partial charge >= 0.3 is 18.2 Å². The van der Waals surface area contributed by atoms with E-state index < -0.39 is 23.9 Å². The van der Waals surface area contributed by atoms with Gasteiger partial charge in [-0.15, -0.1) is 0 Å². The number of alkyl halides is 3. The molecule has 104 valence electrons. The summed E-state index contributed by atoms with van der Waals surface area (Å²) < 4.78 is 41.7. The molecule has 0 rings (SSSR count). The van der Waals surface area contributed by atoms with Crippen LogP contribution in [0.2, 0.25) is 0 Å². The van der Waals surface area contributed by atoms with Crippen LogP contribution >= 0.6 is 0 Å². The van der Waals surface area contributed by atoms with Gasteiger partial charge in [0, 0.05) is 13.1 Å². The average Bonchev–Trinajstić information content (AvgIpc) is 2.28. The van der Waals surface area contributed by atoms with E-state index in [0.29, 0.717) is 0 Å². The van der Waals surface area contributed by atoms with Crippen LogP contribution in [0.25, 0.3) is 0 Å².